The molecule has 190 valence electrons. The average Bonchev–Trinajstić information content (AvgIpc) is 3.31. The number of aryl methyl sites for hydroxylation is 2. The molecular formula is C28H24FN7O2. The number of hydrogen-bond acceptors (Lipinski definition) is 7. The van der Waals surface area contributed by atoms with Crippen LogP contribution in [0, 0.1) is 12.7 Å². The lowest BCUT2D eigenvalue weighted by Crippen LogP contribution is -2.11. The predicted octanol–water partition coefficient (Wildman–Crippen LogP) is 5.43. The molecule has 0 aliphatic rings. The first-order valence-electron chi connectivity index (χ1n) is 14.2. The fraction of sp³-hybridized carbons (Fsp3) is 0.107. The first kappa shape index (κ1) is 18.2. The minimum Gasteiger partial charge on any atom is -0.421 e. The molecule has 0 aliphatic heterocycles. The summed E-state index contributed by atoms with van der Waals surface area (Å²) in [5.74, 6) is -1.60. The number of carbonyl (C=O) groups excluding carboxylic acids is 1. The number of halogens is 1. The maximum atomic E-state index is 15.6. The van der Waals surface area contributed by atoms with Gasteiger partial charge >= 0.3 is 6.01 Å². The van der Waals surface area contributed by atoms with Crippen molar-refractivity contribution in [3.63, 3.8) is 0 Å². The molecular weight excluding hydrogens is 485 g/mol. The van der Waals surface area contributed by atoms with Crippen molar-refractivity contribution in [1.82, 2.24) is 24.5 Å². The van der Waals surface area contributed by atoms with Gasteiger partial charge in [-0.2, -0.15) is 0 Å². The number of nitrogens with one attached hydrogen (secondary N) is 1. The molecule has 5 aromatic rings. The normalized spacial score (nSPS) is 13.9. The molecule has 10 heteroatoms. The Morgan fingerprint density at radius 3 is 2.63 bits per heavy atom. The highest BCUT2D eigenvalue weighted by molar-refractivity contribution is 6.08. The molecule has 0 fully saturated rings. The molecule has 2 aromatic carbocycles. The number of benzene rings is 2. The summed E-state index contributed by atoms with van der Waals surface area (Å²) >= 11 is 0. The van der Waals surface area contributed by atoms with Gasteiger partial charge in [-0.15, -0.1) is 0 Å². The van der Waals surface area contributed by atoms with Crippen LogP contribution in [0.2, 0.25) is 0 Å². The fourth-order valence-electron chi connectivity index (χ4n) is 3.87. The molecule has 3 heterocycles. The second-order valence-corrected chi connectivity index (χ2v) is 8.30. The van der Waals surface area contributed by atoms with Crippen LogP contribution < -0.4 is 15.8 Å². The van der Waals surface area contributed by atoms with E-state index in [1.807, 2.05) is 0 Å². The zero-order valence-corrected chi connectivity index (χ0v) is 20.0. The van der Waals surface area contributed by atoms with Crippen molar-refractivity contribution < 1.29 is 22.1 Å². The van der Waals surface area contributed by atoms with Crippen LogP contribution >= 0.6 is 0 Å². The standard InChI is InChI=1S/C28H24FN7O2/c1-15(2)27(37)35-19-8-5-17(6-9-19)24-22(23-25(30)32-14-33-26(23)36(24)4)18-7-10-21(20(29)13-18)38-28-31-12-11-16(3)34-28/h5-14H,1H2,2-4H3,(H,35,37)(H2,30,32,33)/i3D3,4D3. The summed E-state index contributed by atoms with van der Waals surface area (Å²) in [7, 11) is 0. The Balaban J connectivity index is 1.66. The molecule has 0 unspecified atom stereocenters. The van der Waals surface area contributed by atoms with E-state index in [-0.39, 0.29) is 57.0 Å². The highest BCUT2D eigenvalue weighted by Crippen LogP contribution is 2.42. The molecule has 38 heavy (non-hydrogen) atoms. The third-order valence-corrected chi connectivity index (χ3v) is 5.64. The summed E-state index contributed by atoms with van der Waals surface area (Å²) in [6.07, 6.45) is 2.32. The van der Waals surface area contributed by atoms with E-state index in [0.29, 0.717) is 16.8 Å². The van der Waals surface area contributed by atoms with Gasteiger partial charge in [0.2, 0.25) is 0 Å². The Kier molecular flexibility index (Phi) is 4.66. The van der Waals surface area contributed by atoms with E-state index in [4.69, 9.17) is 18.7 Å². The number of ether oxygens (including phenoxy) is 1. The highest BCUT2D eigenvalue weighted by Gasteiger charge is 2.23. The number of hydrogen-bond donors (Lipinski definition) is 2. The average molecular weight is 516 g/mol. The van der Waals surface area contributed by atoms with E-state index in [1.165, 1.54) is 24.4 Å². The van der Waals surface area contributed by atoms with Gasteiger partial charge in [0, 0.05) is 43.9 Å². The van der Waals surface area contributed by atoms with E-state index in [1.54, 1.807) is 31.2 Å². The van der Waals surface area contributed by atoms with E-state index >= 15 is 4.39 Å². The Bertz CT molecular complexity index is 1920. The molecule has 5 rings (SSSR count). The molecule has 0 aliphatic carbocycles. The zero-order valence-electron chi connectivity index (χ0n) is 26.0. The van der Waals surface area contributed by atoms with Gasteiger partial charge in [-0.1, -0.05) is 24.8 Å². The third kappa shape index (κ3) is 4.55. The van der Waals surface area contributed by atoms with Crippen molar-refractivity contribution in [2.45, 2.75) is 13.8 Å². The maximum Gasteiger partial charge on any atom is 0.322 e. The van der Waals surface area contributed by atoms with E-state index in [0.717, 1.165) is 17.0 Å². The van der Waals surface area contributed by atoms with Gasteiger partial charge in [-0.3, -0.25) is 4.79 Å². The van der Waals surface area contributed by atoms with Gasteiger partial charge in [0.1, 0.15) is 17.8 Å². The smallest absolute Gasteiger partial charge is 0.322 e. The largest absolute Gasteiger partial charge is 0.421 e. The first-order valence-corrected chi connectivity index (χ1v) is 11.2. The molecule has 0 spiro atoms. The Morgan fingerprint density at radius 1 is 1.13 bits per heavy atom. The van der Waals surface area contributed by atoms with Gasteiger partial charge in [-0.05, 0) is 55.2 Å². The monoisotopic (exact) mass is 515 g/mol. The summed E-state index contributed by atoms with van der Waals surface area (Å²) in [4.78, 5) is 28.0. The van der Waals surface area contributed by atoms with E-state index in [2.05, 4.69) is 31.8 Å². The van der Waals surface area contributed by atoms with Crippen molar-refractivity contribution in [3.05, 3.63) is 84.7 Å². The Hall–Kier alpha value is -5.12. The Morgan fingerprint density at radius 2 is 1.92 bits per heavy atom. The van der Waals surface area contributed by atoms with E-state index < -0.39 is 19.6 Å². The molecule has 0 saturated carbocycles. The molecule has 1 amide bonds. The quantitative estimate of drug-likeness (QED) is 0.289. The zero-order chi connectivity index (χ0) is 32.0. The van der Waals surface area contributed by atoms with Crippen LogP contribution in [0.25, 0.3) is 33.4 Å². The molecule has 3 aromatic heterocycles. The van der Waals surface area contributed by atoms with Gasteiger partial charge in [0.05, 0.1) is 11.1 Å². The van der Waals surface area contributed by atoms with Crippen molar-refractivity contribution in [2.75, 3.05) is 11.1 Å². The summed E-state index contributed by atoms with van der Waals surface area (Å²) in [5, 5.41) is 2.87. The summed E-state index contributed by atoms with van der Waals surface area (Å²) in [5.41, 5.74) is 7.71. The maximum absolute atomic E-state index is 15.6. The summed E-state index contributed by atoms with van der Waals surface area (Å²) in [6, 6.07) is 11.1. The second-order valence-electron chi connectivity index (χ2n) is 8.30. The molecule has 3 N–H and O–H groups in total. The van der Waals surface area contributed by atoms with Crippen molar-refractivity contribution in [1.29, 1.82) is 0 Å². The van der Waals surface area contributed by atoms with Crippen molar-refractivity contribution in [3.8, 4) is 34.1 Å². The molecule has 0 bridgehead atoms. The van der Waals surface area contributed by atoms with Crippen LogP contribution in [0.3, 0.4) is 0 Å². The fourth-order valence-corrected chi connectivity index (χ4v) is 3.87. The number of carbonyl (C=O) groups is 1. The van der Waals surface area contributed by atoms with Crippen LogP contribution in [0.1, 0.15) is 20.8 Å². The van der Waals surface area contributed by atoms with Gasteiger partial charge in [0.25, 0.3) is 5.91 Å². The molecule has 0 atom stereocenters. The van der Waals surface area contributed by atoms with Crippen LogP contribution in [-0.4, -0.2) is 30.4 Å². The number of nitrogens with two attached hydrogens (primary N) is 1. The highest BCUT2D eigenvalue weighted by atomic mass is 19.1. The predicted molar refractivity (Wildman–Crippen MR) is 144 cm³/mol. The minimum atomic E-state index is -2.74. The minimum absolute atomic E-state index is 0.00206. The number of rotatable bonds is 6. The SMILES string of the molecule is [2H]C([2H])([2H])c1ccnc(Oc2ccc(-c3c(-c4ccc(NC(=O)C(=C)C)cc4)n(C([2H])([2H])[2H])c4ncnc(N)c34)cc2F)n1. The van der Waals surface area contributed by atoms with Gasteiger partial charge in [-0.25, -0.2) is 24.3 Å². The van der Waals surface area contributed by atoms with Crippen LogP contribution in [0.5, 0.6) is 11.8 Å². The van der Waals surface area contributed by atoms with Crippen molar-refractivity contribution >= 4 is 28.4 Å². The Labute approximate surface area is 226 Å². The van der Waals surface area contributed by atoms with E-state index in [9.17, 15) is 4.79 Å². The van der Waals surface area contributed by atoms with Crippen LogP contribution in [0.4, 0.5) is 15.9 Å². The molecule has 9 nitrogen and oxygen atoms in total. The molecule has 0 radical (unpaired) electrons. The number of anilines is 2. The number of fused-ring (bicyclic) bond motifs is 1. The number of aromatic nitrogens is 5. The van der Waals surface area contributed by atoms with Gasteiger partial charge < -0.3 is 20.4 Å². The lowest BCUT2D eigenvalue weighted by Gasteiger charge is -2.12. The first-order chi connectivity index (χ1) is 20.6. The second kappa shape index (κ2) is 9.74. The summed E-state index contributed by atoms with van der Waals surface area (Å²) in [6.45, 7) is -0.0909. The lowest BCUT2D eigenvalue weighted by molar-refractivity contribution is -0.112. The topological polar surface area (TPSA) is 121 Å². The number of amides is 1. The third-order valence-electron chi connectivity index (χ3n) is 5.64. The number of nitrogen functional groups attached to an aromatic ring is 1. The summed E-state index contributed by atoms with van der Waals surface area (Å²) < 4.78 is 69.5. The van der Waals surface area contributed by atoms with Gasteiger partial charge in [0.15, 0.2) is 11.6 Å². The lowest BCUT2D eigenvalue weighted by atomic mass is 9.98. The van der Waals surface area contributed by atoms with Crippen LogP contribution in [-0.2, 0) is 11.8 Å². The molecule has 0 saturated heterocycles. The van der Waals surface area contributed by atoms with Crippen molar-refractivity contribution in [2.24, 2.45) is 6.98 Å². The van der Waals surface area contributed by atoms with Crippen LogP contribution in [0.15, 0.2) is 73.2 Å². The number of nitrogens with zero attached hydrogens (tertiary/aromatic N) is 5.